The molecule has 4 N–H and O–H groups in total. The summed E-state index contributed by atoms with van der Waals surface area (Å²) in [6.45, 7) is 5.78. The Balaban J connectivity index is 2.00. The summed E-state index contributed by atoms with van der Waals surface area (Å²) in [5.41, 5.74) is 2.92. The van der Waals surface area contributed by atoms with Crippen LogP contribution in [-0.4, -0.2) is 14.4 Å². The molecule has 0 bridgehead atoms. The number of hydrogen-bond acceptors (Lipinski definition) is 3. The number of carbonyl (C=O) groups excluding carboxylic acids is 1. The summed E-state index contributed by atoms with van der Waals surface area (Å²) in [5.74, 6) is 0. The van der Waals surface area contributed by atoms with Crippen molar-refractivity contribution >= 4 is 16.1 Å². The zero-order valence-corrected chi connectivity index (χ0v) is 16.0. The van der Waals surface area contributed by atoms with Gasteiger partial charge in [-0.05, 0) is 49.1 Å². The number of carbonyl (C=O) groups is 1. The van der Waals surface area contributed by atoms with Gasteiger partial charge in [0.2, 0.25) is 10.0 Å². The van der Waals surface area contributed by atoms with E-state index in [-0.39, 0.29) is 23.0 Å². The van der Waals surface area contributed by atoms with Gasteiger partial charge in [0.15, 0.2) is 0 Å². The normalized spacial score (nSPS) is 13.7. The minimum absolute atomic E-state index is 0.0217. The van der Waals surface area contributed by atoms with Crippen LogP contribution in [0.1, 0.15) is 49.5 Å². The van der Waals surface area contributed by atoms with E-state index >= 15 is 0 Å². The Morgan fingerprint density at radius 1 is 1.00 bits per heavy atom. The Bertz CT molecular complexity index is 864. The van der Waals surface area contributed by atoms with Gasteiger partial charge in [0.25, 0.3) is 0 Å². The summed E-state index contributed by atoms with van der Waals surface area (Å²) in [5, 5.41) is 10.8. The first-order valence-electron chi connectivity index (χ1n) is 8.49. The van der Waals surface area contributed by atoms with Crippen molar-refractivity contribution in [2.75, 3.05) is 0 Å². The molecule has 0 aliphatic rings. The van der Waals surface area contributed by atoms with Crippen molar-refractivity contribution < 1.29 is 13.2 Å². The van der Waals surface area contributed by atoms with Crippen LogP contribution >= 0.6 is 0 Å². The molecule has 2 aromatic rings. The van der Waals surface area contributed by atoms with Gasteiger partial charge in [0.05, 0.1) is 17.0 Å². The van der Waals surface area contributed by atoms with Gasteiger partial charge in [-0.3, -0.25) is 0 Å². The molecule has 0 heterocycles. The zero-order valence-electron chi connectivity index (χ0n) is 15.2. The number of primary sulfonamides is 1. The first-order chi connectivity index (χ1) is 12.2. The van der Waals surface area contributed by atoms with Crippen molar-refractivity contribution in [1.82, 2.24) is 10.6 Å². The maximum Gasteiger partial charge on any atom is 0.315 e. The maximum atomic E-state index is 12.3. The third-order valence-corrected chi connectivity index (χ3v) is 5.18. The molecule has 2 aromatic carbocycles. The topological polar surface area (TPSA) is 101 Å². The first kappa shape index (κ1) is 19.9. The van der Waals surface area contributed by atoms with E-state index in [1.54, 1.807) is 19.1 Å². The van der Waals surface area contributed by atoms with Gasteiger partial charge in [-0.1, -0.05) is 43.3 Å². The molecule has 7 heteroatoms. The fourth-order valence-electron chi connectivity index (χ4n) is 2.60. The Kier molecular flexibility index (Phi) is 6.39. The minimum atomic E-state index is -3.78. The summed E-state index contributed by atoms with van der Waals surface area (Å²) in [7, 11) is -3.78. The molecule has 0 aliphatic carbocycles. The molecule has 26 heavy (non-hydrogen) atoms. The molecule has 0 spiro atoms. The zero-order chi connectivity index (χ0) is 19.3. The summed E-state index contributed by atoms with van der Waals surface area (Å²) >= 11 is 0. The highest BCUT2D eigenvalue weighted by Gasteiger charge is 2.15. The van der Waals surface area contributed by atoms with Crippen LogP contribution in [0.25, 0.3) is 0 Å². The van der Waals surface area contributed by atoms with E-state index in [0.29, 0.717) is 5.56 Å². The van der Waals surface area contributed by atoms with Crippen molar-refractivity contribution in [2.24, 2.45) is 5.14 Å². The number of hydrogen-bond donors (Lipinski definition) is 3. The molecule has 2 amide bonds. The molecule has 6 nitrogen and oxygen atoms in total. The molecule has 0 saturated heterocycles. The van der Waals surface area contributed by atoms with E-state index in [0.717, 1.165) is 12.0 Å². The number of rotatable bonds is 6. The van der Waals surface area contributed by atoms with E-state index < -0.39 is 10.0 Å². The Morgan fingerprint density at radius 3 is 2.12 bits per heavy atom. The van der Waals surface area contributed by atoms with Crippen molar-refractivity contribution in [2.45, 2.75) is 44.2 Å². The second-order valence-corrected chi connectivity index (χ2v) is 7.84. The van der Waals surface area contributed by atoms with Gasteiger partial charge in [0.1, 0.15) is 0 Å². The molecule has 0 aliphatic heterocycles. The lowest BCUT2D eigenvalue weighted by molar-refractivity contribution is 0.235. The fraction of sp³-hybridized carbons (Fsp3) is 0.316. The van der Waals surface area contributed by atoms with Gasteiger partial charge >= 0.3 is 6.03 Å². The highest BCUT2D eigenvalue weighted by molar-refractivity contribution is 7.89. The second kappa shape index (κ2) is 8.33. The molecule has 140 valence electrons. The van der Waals surface area contributed by atoms with Crippen LogP contribution in [0.4, 0.5) is 4.79 Å². The van der Waals surface area contributed by atoms with E-state index in [9.17, 15) is 13.2 Å². The summed E-state index contributed by atoms with van der Waals surface area (Å²) < 4.78 is 22.9. The van der Waals surface area contributed by atoms with Crippen LogP contribution in [0.2, 0.25) is 0 Å². The van der Waals surface area contributed by atoms with Crippen molar-refractivity contribution in [3.63, 3.8) is 0 Å². The third-order valence-electron chi connectivity index (χ3n) is 4.27. The van der Waals surface area contributed by atoms with Crippen molar-refractivity contribution in [3.8, 4) is 0 Å². The number of nitrogens with one attached hydrogen (secondary N) is 2. The van der Waals surface area contributed by atoms with E-state index in [1.165, 1.54) is 17.7 Å². The molecule has 0 radical (unpaired) electrons. The molecule has 2 rings (SSSR count). The number of nitrogens with two attached hydrogens (primary N) is 1. The third kappa shape index (κ3) is 5.31. The number of sulfonamides is 1. The van der Waals surface area contributed by atoms with E-state index in [2.05, 4.69) is 17.6 Å². The monoisotopic (exact) mass is 375 g/mol. The molecule has 2 atom stereocenters. The van der Waals surface area contributed by atoms with Gasteiger partial charge in [-0.15, -0.1) is 0 Å². The van der Waals surface area contributed by atoms with Gasteiger partial charge < -0.3 is 10.6 Å². The molecule has 2 unspecified atom stereocenters. The predicted molar refractivity (Wildman–Crippen MR) is 102 cm³/mol. The Hall–Kier alpha value is -2.38. The lowest BCUT2D eigenvalue weighted by atomic mass is 10.1. The van der Waals surface area contributed by atoms with Crippen LogP contribution < -0.4 is 15.8 Å². The maximum absolute atomic E-state index is 12.3. The molecular formula is C19H25N3O3S. The SMILES string of the molecule is CCc1ccc(C(C)NC(=O)NC(C)c2cccc(S(N)(=O)=O)c2)cc1. The summed E-state index contributed by atoms with van der Waals surface area (Å²) in [6.07, 6.45) is 0.970. The Morgan fingerprint density at radius 2 is 1.58 bits per heavy atom. The largest absolute Gasteiger partial charge is 0.332 e. The summed E-state index contributed by atoms with van der Waals surface area (Å²) in [4.78, 5) is 12.3. The number of urea groups is 1. The molecule has 0 aromatic heterocycles. The van der Waals surface area contributed by atoms with Crippen LogP contribution in [0, 0.1) is 0 Å². The van der Waals surface area contributed by atoms with E-state index in [4.69, 9.17) is 5.14 Å². The number of amides is 2. The van der Waals surface area contributed by atoms with Crippen LogP contribution in [-0.2, 0) is 16.4 Å². The fourth-order valence-corrected chi connectivity index (χ4v) is 3.17. The van der Waals surface area contributed by atoms with Crippen molar-refractivity contribution in [1.29, 1.82) is 0 Å². The lowest BCUT2D eigenvalue weighted by Crippen LogP contribution is -2.38. The average molecular weight is 375 g/mol. The molecule has 0 fully saturated rings. The number of aryl methyl sites for hydroxylation is 1. The highest BCUT2D eigenvalue weighted by atomic mass is 32.2. The smallest absolute Gasteiger partial charge is 0.315 e. The summed E-state index contributed by atoms with van der Waals surface area (Å²) in [6, 6.07) is 13.5. The minimum Gasteiger partial charge on any atom is -0.332 e. The average Bonchev–Trinajstić information content (AvgIpc) is 2.61. The quantitative estimate of drug-likeness (QED) is 0.723. The van der Waals surface area contributed by atoms with Crippen LogP contribution in [0.5, 0.6) is 0 Å². The van der Waals surface area contributed by atoms with Gasteiger partial charge in [-0.2, -0.15) is 0 Å². The Labute approximate surface area is 154 Å². The van der Waals surface area contributed by atoms with Crippen molar-refractivity contribution in [3.05, 3.63) is 65.2 Å². The van der Waals surface area contributed by atoms with Crippen LogP contribution in [0.3, 0.4) is 0 Å². The highest BCUT2D eigenvalue weighted by Crippen LogP contribution is 2.17. The van der Waals surface area contributed by atoms with Gasteiger partial charge in [-0.25, -0.2) is 18.4 Å². The lowest BCUT2D eigenvalue weighted by Gasteiger charge is -2.19. The molecular weight excluding hydrogens is 350 g/mol. The first-order valence-corrected chi connectivity index (χ1v) is 10.0. The predicted octanol–water partition coefficient (Wildman–Crippen LogP) is 3.02. The standard InChI is InChI=1S/C19H25N3O3S/c1-4-15-8-10-16(11-9-15)13(2)21-19(23)22-14(3)17-6-5-7-18(12-17)26(20,24)25/h5-14H,4H2,1-3H3,(H2,20,24,25)(H2,21,22,23). The molecule has 0 saturated carbocycles. The second-order valence-electron chi connectivity index (χ2n) is 6.27. The van der Waals surface area contributed by atoms with E-state index in [1.807, 2.05) is 31.2 Å². The number of benzene rings is 2. The van der Waals surface area contributed by atoms with Crippen LogP contribution in [0.15, 0.2) is 53.4 Å². The van der Waals surface area contributed by atoms with Gasteiger partial charge in [0, 0.05) is 0 Å².